The fourth-order valence-corrected chi connectivity index (χ4v) is 3.37. The SMILES string of the molecule is O=C(Nc1nc(-c2cccnc2)cs1)c1cc(Cl)c2c(c1)OCCO2. The molecule has 3 aromatic rings. The normalized spacial score (nSPS) is 12.7. The van der Waals surface area contributed by atoms with Gasteiger partial charge in [0.15, 0.2) is 16.6 Å². The number of nitrogens with one attached hydrogen (secondary N) is 1. The maximum atomic E-state index is 12.5. The minimum absolute atomic E-state index is 0.314. The van der Waals surface area contributed by atoms with Crippen LogP contribution in [0.5, 0.6) is 11.5 Å². The largest absolute Gasteiger partial charge is 0.486 e. The van der Waals surface area contributed by atoms with E-state index in [1.165, 1.54) is 11.3 Å². The second-order valence-electron chi connectivity index (χ2n) is 5.22. The lowest BCUT2D eigenvalue weighted by Gasteiger charge is -2.20. The Morgan fingerprint density at radius 3 is 3.00 bits per heavy atom. The zero-order valence-corrected chi connectivity index (χ0v) is 14.4. The molecule has 0 spiro atoms. The summed E-state index contributed by atoms with van der Waals surface area (Å²) >= 11 is 7.51. The predicted molar refractivity (Wildman–Crippen MR) is 95.7 cm³/mol. The number of carbonyl (C=O) groups excluding carboxylic acids is 1. The van der Waals surface area contributed by atoms with E-state index < -0.39 is 0 Å². The molecule has 25 heavy (non-hydrogen) atoms. The topological polar surface area (TPSA) is 73.3 Å². The molecule has 8 heteroatoms. The Hall–Kier alpha value is -2.64. The van der Waals surface area contributed by atoms with Gasteiger partial charge in [-0.15, -0.1) is 11.3 Å². The van der Waals surface area contributed by atoms with E-state index in [1.54, 1.807) is 24.5 Å². The first-order chi connectivity index (χ1) is 12.2. The third-order valence-electron chi connectivity index (χ3n) is 3.54. The van der Waals surface area contributed by atoms with E-state index in [9.17, 15) is 4.79 Å². The zero-order chi connectivity index (χ0) is 17.2. The van der Waals surface area contributed by atoms with Crippen LogP contribution in [0.15, 0.2) is 42.0 Å². The van der Waals surface area contributed by atoms with Crippen molar-refractivity contribution in [1.29, 1.82) is 0 Å². The van der Waals surface area contributed by atoms with E-state index in [4.69, 9.17) is 21.1 Å². The van der Waals surface area contributed by atoms with Crippen LogP contribution in [0.4, 0.5) is 5.13 Å². The number of aromatic nitrogens is 2. The van der Waals surface area contributed by atoms with Crippen LogP contribution in [0.1, 0.15) is 10.4 Å². The highest BCUT2D eigenvalue weighted by Crippen LogP contribution is 2.38. The molecule has 1 aliphatic heterocycles. The highest BCUT2D eigenvalue weighted by molar-refractivity contribution is 7.14. The molecule has 0 saturated carbocycles. The Balaban J connectivity index is 1.55. The molecule has 4 rings (SSSR count). The fourth-order valence-electron chi connectivity index (χ4n) is 2.39. The average Bonchev–Trinajstić information content (AvgIpc) is 3.11. The van der Waals surface area contributed by atoms with Crippen molar-refractivity contribution in [3.63, 3.8) is 0 Å². The van der Waals surface area contributed by atoms with Gasteiger partial charge in [0, 0.05) is 28.9 Å². The fraction of sp³-hybridized carbons (Fsp3) is 0.118. The second kappa shape index (κ2) is 6.70. The van der Waals surface area contributed by atoms with Crippen molar-refractivity contribution in [2.75, 3.05) is 18.5 Å². The van der Waals surface area contributed by atoms with Crippen LogP contribution in [0, 0.1) is 0 Å². The molecule has 1 aliphatic rings. The summed E-state index contributed by atoms with van der Waals surface area (Å²) in [4.78, 5) is 21.0. The van der Waals surface area contributed by atoms with Crippen LogP contribution in [0.25, 0.3) is 11.3 Å². The quantitative estimate of drug-likeness (QED) is 0.754. The van der Waals surface area contributed by atoms with Crippen LogP contribution >= 0.6 is 22.9 Å². The van der Waals surface area contributed by atoms with Crippen LogP contribution in [-0.4, -0.2) is 29.1 Å². The molecule has 0 radical (unpaired) electrons. The van der Waals surface area contributed by atoms with E-state index >= 15 is 0 Å². The number of hydrogen-bond acceptors (Lipinski definition) is 6. The van der Waals surface area contributed by atoms with Gasteiger partial charge in [-0.2, -0.15) is 0 Å². The van der Waals surface area contributed by atoms with Crippen molar-refractivity contribution in [3.8, 4) is 22.8 Å². The van der Waals surface area contributed by atoms with Gasteiger partial charge in [-0.3, -0.25) is 15.1 Å². The van der Waals surface area contributed by atoms with Crippen LogP contribution in [0.3, 0.4) is 0 Å². The maximum Gasteiger partial charge on any atom is 0.257 e. The number of ether oxygens (including phenoxy) is 2. The molecule has 2 aromatic heterocycles. The van der Waals surface area contributed by atoms with Gasteiger partial charge in [0.1, 0.15) is 13.2 Å². The third kappa shape index (κ3) is 3.29. The Kier molecular flexibility index (Phi) is 4.25. The second-order valence-corrected chi connectivity index (χ2v) is 6.48. The molecule has 1 N–H and O–H groups in total. The summed E-state index contributed by atoms with van der Waals surface area (Å²) in [5.41, 5.74) is 2.03. The van der Waals surface area contributed by atoms with Gasteiger partial charge in [-0.05, 0) is 24.3 Å². The van der Waals surface area contributed by atoms with Crippen LogP contribution < -0.4 is 14.8 Å². The minimum Gasteiger partial charge on any atom is -0.486 e. The Morgan fingerprint density at radius 2 is 2.16 bits per heavy atom. The molecule has 0 atom stereocenters. The van der Waals surface area contributed by atoms with Crippen molar-refractivity contribution in [2.45, 2.75) is 0 Å². The van der Waals surface area contributed by atoms with E-state index in [-0.39, 0.29) is 5.91 Å². The zero-order valence-electron chi connectivity index (χ0n) is 12.9. The van der Waals surface area contributed by atoms with Gasteiger partial charge >= 0.3 is 0 Å². The summed E-state index contributed by atoms with van der Waals surface area (Å²) in [6.07, 6.45) is 3.42. The molecule has 0 fully saturated rings. The number of carbonyl (C=O) groups is 1. The number of rotatable bonds is 3. The standard InChI is InChI=1S/C17H12ClN3O3S/c18-12-6-11(7-14-15(12)24-5-4-23-14)16(22)21-17-20-13(9-25-17)10-2-1-3-19-8-10/h1-3,6-9H,4-5H2,(H,20,21,22). The molecule has 0 bridgehead atoms. The van der Waals surface area contributed by atoms with E-state index in [0.29, 0.717) is 40.4 Å². The van der Waals surface area contributed by atoms with Crippen LogP contribution in [-0.2, 0) is 0 Å². The number of amides is 1. The van der Waals surface area contributed by atoms with Crippen molar-refractivity contribution >= 4 is 34.0 Å². The number of halogens is 1. The number of fused-ring (bicyclic) bond motifs is 1. The van der Waals surface area contributed by atoms with E-state index in [0.717, 1.165) is 11.3 Å². The van der Waals surface area contributed by atoms with Gasteiger partial charge in [0.25, 0.3) is 5.91 Å². The number of anilines is 1. The molecular formula is C17H12ClN3O3S. The monoisotopic (exact) mass is 373 g/mol. The molecule has 3 heterocycles. The number of thiazole rings is 1. The number of hydrogen-bond donors (Lipinski definition) is 1. The predicted octanol–water partition coefficient (Wildman–Crippen LogP) is 3.88. The summed E-state index contributed by atoms with van der Waals surface area (Å²) in [6.45, 7) is 0.865. The van der Waals surface area contributed by atoms with E-state index in [2.05, 4.69) is 15.3 Å². The average molecular weight is 374 g/mol. The first-order valence-corrected chi connectivity index (χ1v) is 8.73. The molecular weight excluding hydrogens is 362 g/mol. The summed E-state index contributed by atoms with van der Waals surface area (Å²) < 4.78 is 11.0. The van der Waals surface area contributed by atoms with Gasteiger partial charge in [0.05, 0.1) is 10.7 Å². The lowest BCUT2D eigenvalue weighted by molar-refractivity contribution is 0.102. The summed E-state index contributed by atoms with van der Waals surface area (Å²) in [5.74, 6) is 0.627. The van der Waals surface area contributed by atoms with Crippen molar-refractivity contribution in [1.82, 2.24) is 9.97 Å². The minimum atomic E-state index is -0.314. The first-order valence-electron chi connectivity index (χ1n) is 7.47. The van der Waals surface area contributed by atoms with Crippen molar-refractivity contribution in [3.05, 3.63) is 52.6 Å². The molecule has 0 unspecified atom stereocenters. The van der Waals surface area contributed by atoms with Crippen molar-refractivity contribution < 1.29 is 14.3 Å². The summed E-state index contributed by atoms with van der Waals surface area (Å²) in [7, 11) is 0. The third-order valence-corrected chi connectivity index (χ3v) is 4.58. The lowest BCUT2D eigenvalue weighted by Crippen LogP contribution is -2.17. The maximum absolute atomic E-state index is 12.5. The smallest absolute Gasteiger partial charge is 0.257 e. The Bertz CT molecular complexity index is 930. The van der Waals surface area contributed by atoms with Gasteiger partial charge in [0.2, 0.25) is 0 Å². The Morgan fingerprint density at radius 1 is 1.28 bits per heavy atom. The summed E-state index contributed by atoms with van der Waals surface area (Å²) in [5, 5.41) is 5.48. The number of nitrogens with zero attached hydrogens (tertiary/aromatic N) is 2. The van der Waals surface area contributed by atoms with Gasteiger partial charge < -0.3 is 9.47 Å². The van der Waals surface area contributed by atoms with Crippen molar-refractivity contribution in [2.24, 2.45) is 0 Å². The Labute approximate surface area is 152 Å². The number of pyridine rings is 1. The molecule has 1 amide bonds. The lowest BCUT2D eigenvalue weighted by atomic mass is 10.2. The first kappa shape index (κ1) is 15.9. The molecule has 126 valence electrons. The van der Waals surface area contributed by atoms with E-state index in [1.807, 2.05) is 17.5 Å². The van der Waals surface area contributed by atoms with Gasteiger partial charge in [-0.1, -0.05) is 11.6 Å². The van der Waals surface area contributed by atoms with Gasteiger partial charge in [-0.25, -0.2) is 4.98 Å². The molecule has 0 saturated heterocycles. The van der Waals surface area contributed by atoms with Crippen LogP contribution in [0.2, 0.25) is 5.02 Å². The number of benzene rings is 1. The summed E-state index contributed by atoms with van der Waals surface area (Å²) in [6, 6.07) is 6.92. The highest BCUT2D eigenvalue weighted by Gasteiger charge is 2.20. The molecule has 1 aromatic carbocycles. The highest BCUT2D eigenvalue weighted by atomic mass is 35.5. The molecule has 6 nitrogen and oxygen atoms in total. The molecule has 0 aliphatic carbocycles.